The fourth-order valence-electron chi connectivity index (χ4n) is 1.82. The number of anilines is 1. The van der Waals surface area contributed by atoms with E-state index in [-0.39, 0.29) is 5.91 Å². The van der Waals surface area contributed by atoms with Crippen LogP contribution >= 0.6 is 11.8 Å². The third kappa shape index (κ3) is 4.10. The summed E-state index contributed by atoms with van der Waals surface area (Å²) in [6.45, 7) is 3.75. The number of nitrogens with one attached hydrogen (secondary N) is 1. The van der Waals surface area contributed by atoms with Crippen molar-refractivity contribution < 1.29 is 9.32 Å². The molecular formula is C15H15N3O2S. The molecule has 1 amide bonds. The van der Waals surface area contributed by atoms with Gasteiger partial charge in [-0.2, -0.15) is 5.26 Å². The number of thioether (sulfide) groups is 1. The second-order valence-corrected chi connectivity index (χ2v) is 5.52. The molecule has 0 unspecified atom stereocenters. The van der Waals surface area contributed by atoms with Crippen molar-refractivity contribution in [2.75, 3.05) is 11.1 Å². The average Bonchev–Trinajstić information content (AvgIpc) is 2.79. The molecule has 0 aliphatic heterocycles. The van der Waals surface area contributed by atoms with Gasteiger partial charge in [0.1, 0.15) is 5.76 Å². The molecule has 2 aromatic rings. The van der Waals surface area contributed by atoms with Gasteiger partial charge in [0.05, 0.1) is 23.1 Å². The number of amides is 1. The quantitative estimate of drug-likeness (QED) is 0.918. The molecule has 5 nitrogen and oxygen atoms in total. The Morgan fingerprint density at radius 2 is 2.29 bits per heavy atom. The van der Waals surface area contributed by atoms with Crippen LogP contribution < -0.4 is 5.32 Å². The maximum atomic E-state index is 11.9. The molecule has 2 rings (SSSR count). The zero-order valence-corrected chi connectivity index (χ0v) is 12.7. The highest BCUT2D eigenvalue weighted by Gasteiger charge is 2.10. The first-order chi connectivity index (χ1) is 10.1. The van der Waals surface area contributed by atoms with Gasteiger partial charge in [0.15, 0.2) is 0 Å². The number of carbonyl (C=O) groups excluding carboxylic acids is 1. The van der Waals surface area contributed by atoms with Crippen molar-refractivity contribution in [1.82, 2.24) is 5.16 Å². The molecule has 0 fully saturated rings. The van der Waals surface area contributed by atoms with Gasteiger partial charge in [-0.3, -0.25) is 4.79 Å². The highest BCUT2D eigenvalue weighted by atomic mass is 32.2. The van der Waals surface area contributed by atoms with Gasteiger partial charge in [-0.25, -0.2) is 0 Å². The lowest BCUT2D eigenvalue weighted by molar-refractivity contribution is -0.113. The topological polar surface area (TPSA) is 78.9 Å². The van der Waals surface area contributed by atoms with Gasteiger partial charge < -0.3 is 9.84 Å². The number of hydrogen-bond acceptors (Lipinski definition) is 5. The summed E-state index contributed by atoms with van der Waals surface area (Å²) in [4.78, 5) is 11.9. The number of aryl methyl sites for hydroxylation is 2. The Labute approximate surface area is 127 Å². The third-order valence-corrected chi connectivity index (χ3v) is 3.90. The van der Waals surface area contributed by atoms with Crippen LogP contribution in [-0.4, -0.2) is 16.8 Å². The number of carbonyl (C=O) groups is 1. The molecule has 0 saturated heterocycles. The molecule has 1 heterocycles. The number of benzene rings is 1. The van der Waals surface area contributed by atoms with Crippen molar-refractivity contribution in [2.24, 2.45) is 0 Å². The minimum absolute atomic E-state index is 0.0955. The first-order valence-electron chi connectivity index (χ1n) is 6.39. The van der Waals surface area contributed by atoms with Crippen molar-refractivity contribution in [3.05, 3.63) is 46.8 Å². The molecule has 0 bridgehead atoms. The van der Waals surface area contributed by atoms with Crippen LogP contribution in [0, 0.1) is 25.2 Å². The normalized spacial score (nSPS) is 10.1. The molecule has 1 N–H and O–H groups in total. The predicted octanol–water partition coefficient (Wildman–Crippen LogP) is 3.04. The van der Waals surface area contributed by atoms with Gasteiger partial charge in [0, 0.05) is 17.0 Å². The van der Waals surface area contributed by atoms with E-state index in [1.54, 1.807) is 24.3 Å². The van der Waals surface area contributed by atoms with Gasteiger partial charge >= 0.3 is 0 Å². The number of hydrogen-bond donors (Lipinski definition) is 1. The predicted molar refractivity (Wildman–Crippen MR) is 81.9 cm³/mol. The number of nitrogens with zero attached hydrogens (tertiary/aromatic N) is 2. The fourth-order valence-corrected chi connectivity index (χ4v) is 2.79. The van der Waals surface area contributed by atoms with Crippen molar-refractivity contribution in [1.29, 1.82) is 5.26 Å². The van der Waals surface area contributed by atoms with E-state index in [4.69, 9.17) is 9.78 Å². The second kappa shape index (κ2) is 6.95. The van der Waals surface area contributed by atoms with Crippen LogP contribution in [0.5, 0.6) is 0 Å². The Morgan fingerprint density at radius 3 is 2.95 bits per heavy atom. The Kier molecular flexibility index (Phi) is 5.01. The molecule has 0 atom stereocenters. The lowest BCUT2D eigenvalue weighted by Gasteiger charge is -2.05. The largest absolute Gasteiger partial charge is 0.361 e. The van der Waals surface area contributed by atoms with Crippen LogP contribution in [0.25, 0.3) is 0 Å². The molecule has 0 aliphatic carbocycles. The Hall–Kier alpha value is -2.26. The van der Waals surface area contributed by atoms with Gasteiger partial charge in [0.2, 0.25) is 5.91 Å². The molecule has 0 spiro atoms. The van der Waals surface area contributed by atoms with Crippen molar-refractivity contribution in [2.45, 2.75) is 19.6 Å². The van der Waals surface area contributed by atoms with Crippen LogP contribution in [0.1, 0.15) is 22.6 Å². The first kappa shape index (κ1) is 15.1. The highest BCUT2D eigenvalue weighted by Crippen LogP contribution is 2.19. The average molecular weight is 301 g/mol. The summed E-state index contributed by atoms with van der Waals surface area (Å²) in [6, 6.07) is 8.89. The molecule has 1 aromatic carbocycles. The Morgan fingerprint density at radius 1 is 1.48 bits per heavy atom. The van der Waals surface area contributed by atoms with E-state index in [2.05, 4.69) is 10.5 Å². The molecule has 108 valence electrons. The van der Waals surface area contributed by atoms with Crippen LogP contribution in [-0.2, 0) is 10.5 Å². The first-order valence-corrected chi connectivity index (χ1v) is 7.55. The van der Waals surface area contributed by atoms with E-state index in [0.717, 1.165) is 17.0 Å². The summed E-state index contributed by atoms with van der Waals surface area (Å²) in [5, 5.41) is 15.5. The van der Waals surface area contributed by atoms with Crippen LogP contribution in [0.2, 0.25) is 0 Å². The van der Waals surface area contributed by atoms with E-state index < -0.39 is 0 Å². The van der Waals surface area contributed by atoms with E-state index >= 15 is 0 Å². The van der Waals surface area contributed by atoms with E-state index in [0.29, 0.717) is 22.8 Å². The van der Waals surface area contributed by atoms with E-state index in [9.17, 15) is 4.79 Å². The van der Waals surface area contributed by atoms with Crippen LogP contribution in [0.3, 0.4) is 0 Å². The van der Waals surface area contributed by atoms with Crippen LogP contribution in [0.4, 0.5) is 5.69 Å². The summed E-state index contributed by atoms with van der Waals surface area (Å²) >= 11 is 1.50. The zero-order valence-electron chi connectivity index (χ0n) is 11.8. The Bertz CT molecular complexity index is 669. The highest BCUT2D eigenvalue weighted by molar-refractivity contribution is 7.99. The van der Waals surface area contributed by atoms with Gasteiger partial charge in [-0.05, 0) is 32.0 Å². The summed E-state index contributed by atoms with van der Waals surface area (Å²) in [5.74, 6) is 1.72. The third-order valence-electron chi connectivity index (χ3n) is 2.94. The summed E-state index contributed by atoms with van der Waals surface area (Å²) < 4.78 is 5.08. The maximum absolute atomic E-state index is 11.9. The smallest absolute Gasteiger partial charge is 0.234 e. The SMILES string of the molecule is Cc1noc(C)c1CSCC(=O)Nc1cccc(C#N)c1. The molecule has 6 heteroatoms. The molecular weight excluding hydrogens is 286 g/mol. The standard InChI is InChI=1S/C15H15N3O2S/c1-10-14(11(2)20-18-10)8-21-9-15(19)17-13-5-3-4-12(6-13)7-16/h3-6H,8-9H2,1-2H3,(H,17,19). The molecule has 0 aliphatic rings. The van der Waals surface area contributed by atoms with Gasteiger partial charge in [-0.15, -0.1) is 11.8 Å². The lowest BCUT2D eigenvalue weighted by Crippen LogP contribution is -2.14. The number of aromatic nitrogens is 1. The molecule has 0 saturated carbocycles. The summed E-state index contributed by atoms with van der Waals surface area (Å²) in [6.07, 6.45) is 0. The fraction of sp³-hybridized carbons (Fsp3) is 0.267. The monoisotopic (exact) mass is 301 g/mol. The number of nitriles is 1. The van der Waals surface area contributed by atoms with E-state index in [1.165, 1.54) is 11.8 Å². The van der Waals surface area contributed by atoms with Crippen molar-refractivity contribution in [3.8, 4) is 6.07 Å². The second-order valence-electron chi connectivity index (χ2n) is 4.54. The Balaban J connectivity index is 1.84. The molecule has 0 radical (unpaired) electrons. The van der Waals surface area contributed by atoms with Crippen LogP contribution in [0.15, 0.2) is 28.8 Å². The van der Waals surface area contributed by atoms with Gasteiger partial charge in [-0.1, -0.05) is 11.2 Å². The minimum Gasteiger partial charge on any atom is -0.361 e. The summed E-state index contributed by atoms with van der Waals surface area (Å²) in [5.41, 5.74) is 3.06. The molecule has 1 aromatic heterocycles. The van der Waals surface area contributed by atoms with Crippen molar-refractivity contribution in [3.63, 3.8) is 0 Å². The molecule has 21 heavy (non-hydrogen) atoms. The lowest BCUT2D eigenvalue weighted by atomic mass is 10.2. The van der Waals surface area contributed by atoms with Gasteiger partial charge in [0.25, 0.3) is 0 Å². The number of rotatable bonds is 5. The van der Waals surface area contributed by atoms with E-state index in [1.807, 2.05) is 19.9 Å². The van der Waals surface area contributed by atoms with Crippen molar-refractivity contribution >= 4 is 23.4 Å². The summed E-state index contributed by atoms with van der Waals surface area (Å²) in [7, 11) is 0. The zero-order chi connectivity index (χ0) is 15.2. The minimum atomic E-state index is -0.0955. The maximum Gasteiger partial charge on any atom is 0.234 e.